The van der Waals surface area contributed by atoms with Crippen LogP contribution >= 0.6 is 0 Å². The Morgan fingerprint density at radius 3 is 1.68 bits per heavy atom. The highest BCUT2D eigenvalue weighted by Gasteiger charge is 2.38. The molecule has 0 aliphatic carbocycles. The van der Waals surface area contributed by atoms with Crippen LogP contribution in [0.3, 0.4) is 0 Å². The fraction of sp³-hybridized carbons (Fsp3) is 0.276. The lowest BCUT2D eigenvalue weighted by Crippen LogP contribution is -2.24. The van der Waals surface area contributed by atoms with Crippen LogP contribution < -0.4 is 0 Å². The number of hydrogen-bond acceptors (Lipinski definition) is 1. The molecule has 158 valence electrons. The van der Waals surface area contributed by atoms with Crippen LogP contribution in [0.1, 0.15) is 50.2 Å². The molecule has 2 heteroatoms. The second-order valence-corrected chi connectivity index (χ2v) is 14.0. The minimum absolute atomic E-state index is 1.13. The van der Waals surface area contributed by atoms with E-state index in [0.29, 0.717) is 0 Å². The molecule has 3 aromatic rings. The Morgan fingerprint density at radius 2 is 1.19 bits per heavy atom. The first-order valence-corrected chi connectivity index (χ1v) is 14.2. The van der Waals surface area contributed by atoms with Crippen molar-refractivity contribution in [3.8, 4) is 0 Å². The predicted octanol–water partition coefficient (Wildman–Crippen LogP) is 7.73. The quantitative estimate of drug-likeness (QED) is 0.393. The highest BCUT2D eigenvalue weighted by atomic mass is 28.3. The number of hydrogen-bond donors (Lipinski definition) is 0. The molecular weight excluding hydrogens is 390 g/mol. The molecule has 4 rings (SSSR count). The summed E-state index contributed by atoms with van der Waals surface area (Å²) >= 11 is 0. The van der Waals surface area contributed by atoms with Crippen LogP contribution in [0.4, 0.5) is 0 Å². The topological polar surface area (TPSA) is 12.9 Å². The van der Waals surface area contributed by atoms with E-state index in [9.17, 15) is 0 Å². The van der Waals surface area contributed by atoms with Gasteiger partial charge in [-0.1, -0.05) is 60.3 Å². The number of aryl methyl sites for hydroxylation is 6. The summed E-state index contributed by atoms with van der Waals surface area (Å²) in [6.45, 7) is 18.3. The second-order valence-electron chi connectivity index (χ2n) is 9.79. The zero-order chi connectivity index (χ0) is 22.5. The van der Waals surface area contributed by atoms with Crippen molar-refractivity contribution in [2.24, 2.45) is 0 Å². The molecule has 2 aromatic carbocycles. The van der Waals surface area contributed by atoms with Crippen molar-refractivity contribution in [3.05, 3.63) is 105 Å². The Bertz CT molecular complexity index is 1200. The molecule has 1 aliphatic rings. The van der Waals surface area contributed by atoms with Crippen molar-refractivity contribution >= 4 is 24.4 Å². The molecule has 2 heterocycles. The van der Waals surface area contributed by atoms with Crippen molar-refractivity contribution in [1.82, 2.24) is 4.98 Å². The van der Waals surface area contributed by atoms with E-state index >= 15 is 0 Å². The van der Waals surface area contributed by atoms with Gasteiger partial charge in [-0.3, -0.25) is 4.98 Å². The predicted molar refractivity (Wildman–Crippen MR) is 138 cm³/mol. The lowest BCUT2D eigenvalue weighted by atomic mass is 9.83. The zero-order valence-corrected chi connectivity index (χ0v) is 21.1. The molecule has 0 bridgehead atoms. The van der Waals surface area contributed by atoms with Gasteiger partial charge in [0.2, 0.25) is 0 Å². The number of benzene rings is 2. The van der Waals surface area contributed by atoms with Gasteiger partial charge in [0.25, 0.3) is 0 Å². The molecule has 0 spiro atoms. The molecule has 0 unspecified atom stereocenters. The van der Waals surface area contributed by atoms with Gasteiger partial charge in [0.1, 0.15) is 8.07 Å². The standard InChI is InChI=1S/C29H33NSi/c1-18-13-20(3)26(21(4)14-18)24-17-31(7,8)29(25-11-9-10-12-30-25)28(24)27-22(5)15-19(2)16-23(27)6/h9-17H,1-8H3. The Morgan fingerprint density at radius 1 is 0.677 bits per heavy atom. The summed E-state index contributed by atoms with van der Waals surface area (Å²) in [6.07, 6.45) is 1.93. The molecule has 0 amide bonds. The van der Waals surface area contributed by atoms with E-state index in [2.05, 4.69) is 96.7 Å². The van der Waals surface area contributed by atoms with Gasteiger partial charge in [0.05, 0.1) is 5.69 Å². The minimum Gasteiger partial charge on any atom is -0.257 e. The van der Waals surface area contributed by atoms with Gasteiger partial charge in [-0.2, -0.15) is 0 Å². The van der Waals surface area contributed by atoms with Crippen LogP contribution in [0.25, 0.3) is 16.3 Å². The Kier molecular flexibility index (Phi) is 5.39. The average Bonchev–Trinajstić information content (AvgIpc) is 2.91. The van der Waals surface area contributed by atoms with Crippen molar-refractivity contribution in [3.63, 3.8) is 0 Å². The van der Waals surface area contributed by atoms with Crippen molar-refractivity contribution in [1.29, 1.82) is 0 Å². The number of rotatable bonds is 3. The van der Waals surface area contributed by atoms with E-state index in [1.165, 1.54) is 60.9 Å². The average molecular weight is 424 g/mol. The van der Waals surface area contributed by atoms with Crippen LogP contribution in [0, 0.1) is 41.5 Å². The minimum atomic E-state index is -1.87. The fourth-order valence-electron chi connectivity index (χ4n) is 5.57. The zero-order valence-electron chi connectivity index (χ0n) is 20.1. The second kappa shape index (κ2) is 7.76. The van der Waals surface area contributed by atoms with Crippen LogP contribution in [0.2, 0.25) is 13.1 Å². The van der Waals surface area contributed by atoms with Crippen LogP contribution in [0.15, 0.2) is 54.4 Å². The third-order valence-electron chi connectivity index (χ3n) is 6.46. The summed E-state index contributed by atoms with van der Waals surface area (Å²) in [4.78, 5) is 4.84. The Labute approximate surface area is 188 Å². The van der Waals surface area contributed by atoms with Crippen molar-refractivity contribution < 1.29 is 0 Å². The lowest BCUT2D eigenvalue weighted by Gasteiger charge is -2.23. The molecule has 0 N–H and O–H groups in total. The summed E-state index contributed by atoms with van der Waals surface area (Å²) < 4.78 is 0. The summed E-state index contributed by atoms with van der Waals surface area (Å²) in [6, 6.07) is 15.6. The maximum absolute atomic E-state index is 4.84. The van der Waals surface area contributed by atoms with Gasteiger partial charge >= 0.3 is 0 Å². The molecule has 0 saturated carbocycles. The van der Waals surface area contributed by atoms with Gasteiger partial charge in [-0.05, 0) is 103 Å². The van der Waals surface area contributed by atoms with E-state index in [-0.39, 0.29) is 0 Å². The Balaban J connectivity index is 2.13. The first-order valence-electron chi connectivity index (χ1n) is 11.2. The van der Waals surface area contributed by atoms with E-state index in [1.807, 2.05) is 12.3 Å². The molecular formula is C29H33NSi. The fourth-order valence-corrected chi connectivity index (χ4v) is 8.43. The number of aromatic nitrogens is 1. The van der Waals surface area contributed by atoms with E-state index in [4.69, 9.17) is 4.98 Å². The van der Waals surface area contributed by atoms with Gasteiger partial charge in [-0.15, -0.1) is 0 Å². The molecule has 1 aliphatic heterocycles. The van der Waals surface area contributed by atoms with Crippen molar-refractivity contribution in [2.75, 3.05) is 0 Å². The normalized spacial score (nSPS) is 15.4. The SMILES string of the molecule is Cc1cc(C)c(C2=C[Si](C)(C)C(c3ccccn3)=C2c2c(C)cc(C)cc2C)c(C)c1. The van der Waals surface area contributed by atoms with E-state index < -0.39 is 8.07 Å². The summed E-state index contributed by atoms with van der Waals surface area (Å²) in [5.74, 6) is 0. The van der Waals surface area contributed by atoms with Gasteiger partial charge in [0.15, 0.2) is 0 Å². The Hall–Kier alpha value is -2.71. The highest BCUT2D eigenvalue weighted by molar-refractivity contribution is 7.02. The van der Waals surface area contributed by atoms with Crippen LogP contribution in [0.5, 0.6) is 0 Å². The molecule has 0 saturated heterocycles. The summed E-state index contributed by atoms with van der Waals surface area (Å²) in [5.41, 5.74) is 17.4. The van der Waals surface area contributed by atoms with Gasteiger partial charge < -0.3 is 0 Å². The first-order chi connectivity index (χ1) is 14.6. The van der Waals surface area contributed by atoms with Gasteiger partial charge in [0, 0.05) is 6.20 Å². The third-order valence-corrected chi connectivity index (χ3v) is 9.27. The molecule has 1 nitrogen and oxygen atoms in total. The van der Waals surface area contributed by atoms with Crippen molar-refractivity contribution in [2.45, 2.75) is 54.6 Å². The summed E-state index contributed by atoms with van der Waals surface area (Å²) in [5, 5.41) is 1.46. The smallest absolute Gasteiger partial charge is 0.108 e. The number of pyridine rings is 1. The summed E-state index contributed by atoms with van der Waals surface area (Å²) in [7, 11) is -1.87. The number of nitrogens with zero attached hydrogens (tertiary/aromatic N) is 1. The third kappa shape index (κ3) is 3.74. The van der Waals surface area contributed by atoms with E-state index in [1.54, 1.807) is 0 Å². The highest BCUT2D eigenvalue weighted by Crippen LogP contribution is 2.50. The largest absolute Gasteiger partial charge is 0.257 e. The molecule has 31 heavy (non-hydrogen) atoms. The van der Waals surface area contributed by atoms with Crippen LogP contribution in [-0.4, -0.2) is 13.1 Å². The lowest BCUT2D eigenvalue weighted by molar-refractivity contribution is 1.27. The van der Waals surface area contributed by atoms with Gasteiger partial charge in [-0.25, -0.2) is 0 Å². The molecule has 1 aromatic heterocycles. The maximum atomic E-state index is 4.84. The maximum Gasteiger partial charge on any atom is 0.108 e. The monoisotopic (exact) mass is 423 g/mol. The molecule has 0 atom stereocenters. The van der Waals surface area contributed by atoms with Crippen LogP contribution in [-0.2, 0) is 0 Å². The van der Waals surface area contributed by atoms with E-state index in [0.717, 1.165) is 5.69 Å². The number of allylic oxidation sites excluding steroid dienone is 2. The molecule has 0 fully saturated rings. The first kappa shape index (κ1) is 21.5. The molecule has 0 radical (unpaired) electrons.